The van der Waals surface area contributed by atoms with Crippen molar-refractivity contribution in [3.63, 3.8) is 0 Å². The van der Waals surface area contributed by atoms with Crippen molar-refractivity contribution in [3.05, 3.63) is 15.1 Å². The van der Waals surface area contributed by atoms with Gasteiger partial charge in [0.1, 0.15) is 11.6 Å². The number of halogens is 1. The highest BCUT2D eigenvalue weighted by Crippen LogP contribution is 2.36. The minimum atomic E-state index is 0.189. The van der Waals surface area contributed by atoms with Gasteiger partial charge in [0.15, 0.2) is 0 Å². The molecule has 1 atom stereocenters. The maximum Gasteiger partial charge on any atom is 0.140 e. The molecule has 1 unspecified atom stereocenters. The van der Waals surface area contributed by atoms with E-state index in [9.17, 15) is 0 Å². The molecule has 2 N–H and O–H groups in total. The first-order chi connectivity index (χ1) is 8.63. The van der Waals surface area contributed by atoms with Crippen molar-refractivity contribution in [2.75, 3.05) is 19.5 Å². The van der Waals surface area contributed by atoms with Crippen LogP contribution in [0.4, 0.5) is 5.82 Å². The molecule has 4 nitrogen and oxygen atoms in total. The van der Waals surface area contributed by atoms with Gasteiger partial charge < -0.3 is 10.5 Å². The molecule has 1 aliphatic rings. The van der Waals surface area contributed by atoms with Gasteiger partial charge in [0.25, 0.3) is 0 Å². The molecule has 1 aliphatic carbocycles. The molecule has 0 aliphatic heterocycles. The maximum atomic E-state index is 6.02. The molecule has 18 heavy (non-hydrogen) atoms. The second-order valence-electron chi connectivity index (χ2n) is 5.00. The summed E-state index contributed by atoms with van der Waals surface area (Å²) in [5.74, 6) is 2.19. The molecule has 0 amide bonds. The van der Waals surface area contributed by atoms with Gasteiger partial charge >= 0.3 is 0 Å². The van der Waals surface area contributed by atoms with E-state index >= 15 is 0 Å². The van der Waals surface area contributed by atoms with E-state index in [4.69, 9.17) is 15.5 Å². The smallest absolute Gasteiger partial charge is 0.140 e. The zero-order valence-corrected chi connectivity index (χ0v) is 13.1. The average molecular weight is 361 g/mol. The topological polar surface area (TPSA) is 61.0 Å². The summed E-state index contributed by atoms with van der Waals surface area (Å²) in [4.78, 5) is 9.16. The van der Waals surface area contributed by atoms with E-state index < -0.39 is 0 Å². The lowest BCUT2D eigenvalue weighted by molar-refractivity contribution is 0.181. The van der Waals surface area contributed by atoms with Crippen LogP contribution in [0.1, 0.15) is 56.0 Å². The number of hydrogen-bond donors (Lipinski definition) is 1. The van der Waals surface area contributed by atoms with E-state index in [1.54, 1.807) is 7.11 Å². The van der Waals surface area contributed by atoms with Crippen LogP contribution in [0.15, 0.2) is 0 Å². The van der Waals surface area contributed by atoms with Gasteiger partial charge in [-0.1, -0.05) is 19.8 Å². The molecule has 5 heteroatoms. The monoisotopic (exact) mass is 361 g/mol. The van der Waals surface area contributed by atoms with Gasteiger partial charge in [-0.25, -0.2) is 9.97 Å². The van der Waals surface area contributed by atoms with Gasteiger partial charge in [0.2, 0.25) is 0 Å². The molecule has 100 valence electrons. The van der Waals surface area contributed by atoms with E-state index in [-0.39, 0.29) is 5.92 Å². The first-order valence-electron chi connectivity index (χ1n) is 6.45. The fourth-order valence-corrected chi connectivity index (χ4v) is 3.20. The maximum absolute atomic E-state index is 6.02. The SMILES string of the molecule is COCC(C)c1nc(N)c(I)c(C2CCCC2)n1. The number of nitrogen functional groups attached to an aromatic ring is 1. The molecule has 0 saturated heterocycles. The van der Waals surface area contributed by atoms with E-state index in [0.717, 1.165) is 15.1 Å². The average Bonchev–Trinajstić information content (AvgIpc) is 2.86. The second kappa shape index (κ2) is 6.14. The molecule has 1 aromatic heterocycles. The lowest BCUT2D eigenvalue weighted by Crippen LogP contribution is -2.14. The Morgan fingerprint density at radius 2 is 2.06 bits per heavy atom. The van der Waals surface area contributed by atoms with Gasteiger partial charge in [0, 0.05) is 18.9 Å². The minimum absolute atomic E-state index is 0.189. The highest BCUT2D eigenvalue weighted by Gasteiger charge is 2.24. The Bertz CT molecular complexity index is 419. The Balaban J connectivity index is 2.32. The van der Waals surface area contributed by atoms with Gasteiger partial charge in [-0.3, -0.25) is 0 Å². The number of rotatable bonds is 4. The Hall–Kier alpha value is -0.430. The molecule has 0 spiro atoms. The van der Waals surface area contributed by atoms with E-state index in [1.807, 2.05) is 0 Å². The summed E-state index contributed by atoms with van der Waals surface area (Å²) in [5, 5.41) is 0. The Labute approximate surface area is 122 Å². The third kappa shape index (κ3) is 2.93. The number of hydrogen-bond acceptors (Lipinski definition) is 4. The van der Waals surface area contributed by atoms with Crippen molar-refractivity contribution in [1.82, 2.24) is 9.97 Å². The van der Waals surface area contributed by atoms with E-state index in [0.29, 0.717) is 18.3 Å². The normalized spacial score (nSPS) is 18.2. The zero-order chi connectivity index (χ0) is 13.1. The first-order valence-corrected chi connectivity index (χ1v) is 7.53. The highest BCUT2D eigenvalue weighted by atomic mass is 127. The summed E-state index contributed by atoms with van der Waals surface area (Å²) >= 11 is 2.27. The molecule has 0 radical (unpaired) electrons. The summed E-state index contributed by atoms with van der Waals surface area (Å²) in [6.45, 7) is 2.70. The standard InChI is InChI=1S/C13H20IN3O/c1-8(7-18-2)13-16-11(9-5-3-4-6-9)10(14)12(15)17-13/h8-9H,3-7H2,1-2H3,(H2,15,16,17). The van der Waals surface area contributed by atoms with Crippen LogP contribution in [-0.2, 0) is 4.74 Å². The van der Waals surface area contributed by atoms with Crippen LogP contribution in [0.25, 0.3) is 0 Å². The number of anilines is 1. The summed E-state index contributed by atoms with van der Waals surface area (Å²) in [5.41, 5.74) is 7.18. The van der Waals surface area contributed by atoms with Crippen molar-refractivity contribution < 1.29 is 4.74 Å². The van der Waals surface area contributed by atoms with Crippen LogP contribution in [0.5, 0.6) is 0 Å². The van der Waals surface area contributed by atoms with Crippen LogP contribution in [0, 0.1) is 3.57 Å². The molecule has 1 saturated carbocycles. The molecule has 1 aromatic rings. The van der Waals surface area contributed by atoms with Crippen molar-refractivity contribution in [2.24, 2.45) is 0 Å². The van der Waals surface area contributed by atoms with Gasteiger partial charge in [0.05, 0.1) is 15.9 Å². The number of ether oxygens (including phenoxy) is 1. The van der Waals surface area contributed by atoms with Crippen molar-refractivity contribution >= 4 is 28.4 Å². The van der Waals surface area contributed by atoms with Crippen molar-refractivity contribution in [3.8, 4) is 0 Å². The van der Waals surface area contributed by atoms with Crippen LogP contribution in [-0.4, -0.2) is 23.7 Å². The summed E-state index contributed by atoms with van der Waals surface area (Å²) in [6.07, 6.45) is 5.05. The predicted octanol–water partition coefficient (Wildman–Crippen LogP) is 3.07. The Morgan fingerprint density at radius 3 is 2.67 bits per heavy atom. The molecule has 0 aromatic carbocycles. The van der Waals surface area contributed by atoms with Crippen LogP contribution < -0.4 is 5.73 Å². The fraction of sp³-hybridized carbons (Fsp3) is 0.692. The lowest BCUT2D eigenvalue weighted by atomic mass is 10.0. The molecule has 1 fully saturated rings. The largest absolute Gasteiger partial charge is 0.384 e. The van der Waals surface area contributed by atoms with Gasteiger partial charge in [-0.15, -0.1) is 0 Å². The van der Waals surface area contributed by atoms with E-state index in [2.05, 4.69) is 34.5 Å². The predicted molar refractivity (Wildman–Crippen MR) is 80.7 cm³/mol. The number of nitrogens with zero attached hydrogens (tertiary/aromatic N) is 2. The highest BCUT2D eigenvalue weighted by molar-refractivity contribution is 14.1. The Kier molecular flexibility index (Phi) is 4.77. The molecular weight excluding hydrogens is 341 g/mol. The third-order valence-corrected chi connectivity index (χ3v) is 4.62. The molecule has 0 bridgehead atoms. The number of methoxy groups -OCH3 is 1. The fourth-order valence-electron chi connectivity index (χ4n) is 2.52. The number of aromatic nitrogens is 2. The summed E-state index contributed by atoms with van der Waals surface area (Å²) in [6, 6.07) is 0. The van der Waals surface area contributed by atoms with Gasteiger partial charge in [-0.05, 0) is 35.4 Å². The quantitative estimate of drug-likeness (QED) is 0.838. The second-order valence-corrected chi connectivity index (χ2v) is 6.08. The van der Waals surface area contributed by atoms with Gasteiger partial charge in [-0.2, -0.15) is 0 Å². The van der Waals surface area contributed by atoms with Crippen LogP contribution in [0.3, 0.4) is 0 Å². The van der Waals surface area contributed by atoms with Crippen molar-refractivity contribution in [1.29, 1.82) is 0 Å². The van der Waals surface area contributed by atoms with Crippen LogP contribution >= 0.6 is 22.6 Å². The molecule has 1 heterocycles. The van der Waals surface area contributed by atoms with Crippen LogP contribution in [0.2, 0.25) is 0 Å². The lowest BCUT2D eigenvalue weighted by Gasteiger charge is -2.16. The Morgan fingerprint density at radius 1 is 1.39 bits per heavy atom. The van der Waals surface area contributed by atoms with Crippen molar-refractivity contribution in [2.45, 2.75) is 44.4 Å². The summed E-state index contributed by atoms with van der Waals surface area (Å²) < 4.78 is 6.21. The number of nitrogens with two attached hydrogens (primary N) is 1. The molecule has 2 rings (SSSR count). The minimum Gasteiger partial charge on any atom is -0.384 e. The zero-order valence-electron chi connectivity index (χ0n) is 10.9. The van der Waals surface area contributed by atoms with E-state index in [1.165, 1.54) is 25.7 Å². The summed E-state index contributed by atoms with van der Waals surface area (Å²) in [7, 11) is 1.70. The first kappa shape index (κ1) is 14.0. The molecular formula is C13H20IN3O. The third-order valence-electron chi connectivity index (χ3n) is 3.52.